The molecule has 1 heterocycles. The molecule has 0 radical (unpaired) electrons. The zero-order valence-corrected chi connectivity index (χ0v) is 11.1. The number of rotatable bonds is 2. The number of carboxylic acid groups (broad SMARTS) is 1. The van der Waals surface area contributed by atoms with Crippen LogP contribution in [0.3, 0.4) is 0 Å². The molecule has 1 aromatic heterocycles. The van der Waals surface area contributed by atoms with Gasteiger partial charge in [0, 0.05) is 6.07 Å². The fourth-order valence-electron chi connectivity index (χ4n) is 2.36. The molecule has 2 rings (SSSR count). The van der Waals surface area contributed by atoms with Gasteiger partial charge in [-0.25, -0.2) is 4.79 Å². The van der Waals surface area contributed by atoms with Crippen LogP contribution in [0.4, 0.5) is 0 Å². The highest BCUT2D eigenvalue weighted by molar-refractivity contribution is 5.83. The van der Waals surface area contributed by atoms with Crippen molar-refractivity contribution in [3.05, 3.63) is 46.8 Å². The summed E-state index contributed by atoms with van der Waals surface area (Å²) in [5.41, 5.74) is 4.50. The van der Waals surface area contributed by atoms with Crippen LogP contribution in [0, 0.1) is 20.8 Å². The van der Waals surface area contributed by atoms with E-state index in [2.05, 4.69) is 0 Å². The number of carbonyl (C=O) groups is 1. The van der Waals surface area contributed by atoms with Gasteiger partial charge >= 0.3 is 11.7 Å². The quantitative estimate of drug-likeness (QED) is 0.822. The molecule has 1 N–H and O–H groups in total. The fraction of sp³-hybridized carbons (Fsp3) is 0.286. The maximum Gasteiger partial charge on any atom is 0.403 e. The summed E-state index contributed by atoms with van der Waals surface area (Å²) in [6.07, 6.45) is 0. The first-order valence-corrected chi connectivity index (χ1v) is 5.82. The maximum atomic E-state index is 11.2. The average Bonchev–Trinajstić information content (AvgIpc) is 2.56. The lowest BCUT2D eigenvalue weighted by molar-refractivity contribution is -0.746. The molecule has 0 spiro atoms. The van der Waals surface area contributed by atoms with Crippen LogP contribution in [0.15, 0.2) is 24.3 Å². The van der Waals surface area contributed by atoms with Gasteiger partial charge in [0.1, 0.15) is 5.69 Å². The van der Waals surface area contributed by atoms with E-state index in [9.17, 15) is 4.79 Å². The number of aryl methyl sites for hydroxylation is 3. The van der Waals surface area contributed by atoms with Gasteiger partial charge in [0.05, 0.1) is 5.69 Å². The molecule has 0 saturated carbocycles. The Morgan fingerprint density at radius 3 is 2.22 bits per heavy atom. The SMILES string of the molecule is Cc1cccc(C)c1-n1c(C)cc(C(=O)O)[n+]1C. The Hall–Kier alpha value is -2.10. The summed E-state index contributed by atoms with van der Waals surface area (Å²) < 4.78 is 3.61. The van der Waals surface area contributed by atoms with Gasteiger partial charge in [0.2, 0.25) is 0 Å². The van der Waals surface area contributed by atoms with Crippen molar-refractivity contribution in [3.63, 3.8) is 0 Å². The van der Waals surface area contributed by atoms with Crippen LogP contribution in [-0.4, -0.2) is 15.8 Å². The first kappa shape index (κ1) is 12.4. The third kappa shape index (κ3) is 1.79. The summed E-state index contributed by atoms with van der Waals surface area (Å²) in [6.45, 7) is 5.97. The molecule has 1 aromatic carbocycles. The molecule has 0 unspecified atom stereocenters. The lowest BCUT2D eigenvalue weighted by Gasteiger charge is -2.09. The smallest absolute Gasteiger partial charge is 0.403 e. The van der Waals surface area contributed by atoms with Crippen LogP contribution in [0.25, 0.3) is 5.69 Å². The Balaban J connectivity index is 2.76. The topological polar surface area (TPSA) is 46.1 Å². The van der Waals surface area contributed by atoms with E-state index in [-0.39, 0.29) is 5.69 Å². The number of aromatic nitrogens is 2. The van der Waals surface area contributed by atoms with Gasteiger partial charge in [-0.2, -0.15) is 0 Å². The van der Waals surface area contributed by atoms with E-state index in [1.165, 1.54) is 0 Å². The van der Waals surface area contributed by atoms with Crippen LogP contribution in [0.1, 0.15) is 27.3 Å². The number of benzene rings is 1. The van der Waals surface area contributed by atoms with Crippen LogP contribution in [-0.2, 0) is 7.05 Å². The van der Waals surface area contributed by atoms with Crippen molar-refractivity contribution in [3.8, 4) is 5.69 Å². The van der Waals surface area contributed by atoms with Crippen LogP contribution < -0.4 is 4.68 Å². The third-order valence-corrected chi connectivity index (χ3v) is 3.20. The standard InChI is InChI=1S/C14H16N2O2/c1-9-6-5-7-10(2)13(9)16-11(3)8-12(14(17)18)15(16)4/h5-8H,1-4H3/p+1. The highest BCUT2D eigenvalue weighted by Gasteiger charge is 2.25. The molecule has 4 nitrogen and oxygen atoms in total. The second-order valence-corrected chi connectivity index (χ2v) is 4.55. The second kappa shape index (κ2) is 4.29. The molecule has 0 aliphatic carbocycles. The molecule has 18 heavy (non-hydrogen) atoms. The minimum absolute atomic E-state index is 0.287. The first-order valence-electron chi connectivity index (χ1n) is 5.82. The molecule has 0 aliphatic rings. The van der Waals surface area contributed by atoms with E-state index >= 15 is 0 Å². The molecular formula is C14H17N2O2+. The molecule has 0 fully saturated rings. The Labute approximate surface area is 106 Å². The Morgan fingerprint density at radius 1 is 1.22 bits per heavy atom. The van der Waals surface area contributed by atoms with Gasteiger partial charge in [-0.05, 0) is 31.9 Å². The normalized spacial score (nSPS) is 10.7. The predicted molar refractivity (Wildman–Crippen MR) is 68.1 cm³/mol. The summed E-state index contributed by atoms with van der Waals surface area (Å²) >= 11 is 0. The lowest BCUT2D eigenvalue weighted by Crippen LogP contribution is -2.43. The van der Waals surface area contributed by atoms with Gasteiger partial charge in [0.25, 0.3) is 0 Å². The zero-order valence-electron chi connectivity index (χ0n) is 11.1. The number of hydrogen-bond acceptors (Lipinski definition) is 1. The van der Waals surface area contributed by atoms with E-state index < -0.39 is 5.97 Å². The van der Waals surface area contributed by atoms with Crippen molar-refractivity contribution in [2.24, 2.45) is 7.05 Å². The number of hydrogen-bond donors (Lipinski definition) is 1. The largest absolute Gasteiger partial charge is 0.473 e. The molecule has 0 saturated heterocycles. The first-order chi connectivity index (χ1) is 8.43. The minimum atomic E-state index is -0.911. The molecule has 2 aromatic rings. The van der Waals surface area contributed by atoms with Gasteiger partial charge < -0.3 is 5.11 Å². The van der Waals surface area contributed by atoms with Crippen molar-refractivity contribution >= 4 is 5.97 Å². The van der Waals surface area contributed by atoms with Gasteiger partial charge in [-0.3, -0.25) is 0 Å². The van der Waals surface area contributed by atoms with E-state index in [4.69, 9.17) is 5.11 Å². The Morgan fingerprint density at radius 2 is 1.78 bits per heavy atom. The van der Waals surface area contributed by atoms with E-state index in [1.54, 1.807) is 17.8 Å². The molecule has 0 aliphatic heterocycles. The van der Waals surface area contributed by atoms with E-state index in [1.807, 2.05) is 43.7 Å². The van der Waals surface area contributed by atoms with Crippen molar-refractivity contribution in [2.75, 3.05) is 0 Å². The molecule has 4 heteroatoms. The minimum Gasteiger partial charge on any atom is -0.473 e. The van der Waals surface area contributed by atoms with Gasteiger partial charge in [-0.1, -0.05) is 22.9 Å². The van der Waals surface area contributed by atoms with Gasteiger partial charge in [-0.15, -0.1) is 4.68 Å². The Bertz CT molecular complexity index is 607. The summed E-state index contributed by atoms with van der Waals surface area (Å²) in [5.74, 6) is -0.911. The van der Waals surface area contributed by atoms with Crippen LogP contribution in [0.5, 0.6) is 0 Å². The molecule has 94 valence electrons. The summed E-state index contributed by atoms with van der Waals surface area (Å²) in [7, 11) is 1.77. The molecule has 0 amide bonds. The summed E-state index contributed by atoms with van der Waals surface area (Å²) in [6, 6.07) is 7.75. The van der Waals surface area contributed by atoms with Gasteiger partial charge in [0.15, 0.2) is 7.05 Å². The van der Waals surface area contributed by atoms with Crippen LogP contribution >= 0.6 is 0 Å². The van der Waals surface area contributed by atoms with E-state index in [0.717, 1.165) is 22.5 Å². The lowest BCUT2D eigenvalue weighted by atomic mass is 10.1. The average molecular weight is 245 g/mol. The highest BCUT2D eigenvalue weighted by Crippen LogP contribution is 2.19. The number of aromatic carboxylic acids is 1. The predicted octanol–water partition coefficient (Wildman–Crippen LogP) is 1.93. The van der Waals surface area contributed by atoms with E-state index in [0.29, 0.717) is 0 Å². The summed E-state index contributed by atoms with van der Waals surface area (Å²) in [4.78, 5) is 11.2. The van der Waals surface area contributed by atoms with Crippen molar-refractivity contribution < 1.29 is 14.6 Å². The molecular weight excluding hydrogens is 228 g/mol. The number of para-hydroxylation sites is 1. The summed E-state index contributed by atoms with van der Waals surface area (Å²) in [5, 5.41) is 9.15. The Kier molecular flexibility index (Phi) is 2.95. The van der Waals surface area contributed by atoms with Crippen molar-refractivity contribution in [2.45, 2.75) is 20.8 Å². The zero-order chi connectivity index (χ0) is 13.4. The molecule has 0 bridgehead atoms. The number of carboxylic acids is 1. The maximum absolute atomic E-state index is 11.2. The second-order valence-electron chi connectivity index (χ2n) is 4.55. The number of nitrogens with zero attached hydrogens (tertiary/aromatic N) is 2. The van der Waals surface area contributed by atoms with Crippen molar-refractivity contribution in [1.29, 1.82) is 0 Å². The third-order valence-electron chi connectivity index (χ3n) is 3.20. The fourth-order valence-corrected chi connectivity index (χ4v) is 2.36. The monoisotopic (exact) mass is 245 g/mol. The van der Waals surface area contributed by atoms with Crippen molar-refractivity contribution in [1.82, 2.24) is 4.68 Å². The highest BCUT2D eigenvalue weighted by atomic mass is 16.4. The molecule has 0 atom stereocenters. The van der Waals surface area contributed by atoms with Crippen LogP contribution in [0.2, 0.25) is 0 Å².